The van der Waals surface area contributed by atoms with Crippen LogP contribution in [-0.4, -0.2) is 28.4 Å². The smallest absolute Gasteiger partial charge is 0.261 e. The molecule has 0 atom stereocenters. The number of fused-ring (bicyclic) bond motifs is 1. The highest BCUT2D eigenvalue weighted by Crippen LogP contribution is 2.36. The molecular formula is C12H12N4OS. The van der Waals surface area contributed by atoms with Crippen molar-refractivity contribution in [3.63, 3.8) is 0 Å². The summed E-state index contributed by atoms with van der Waals surface area (Å²) < 4.78 is 0. The molecule has 2 heterocycles. The maximum Gasteiger partial charge on any atom is 0.261 e. The minimum absolute atomic E-state index is 0.0455. The third kappa shape index (κ3) is 1.84. The Kier molecular flexibility index (Phi) is 2.71. The van der Waals surface area contributed by atoms with E-state index in [2.05, 4.69) is 10.2 Å². The van der Waals surface area contributed by atoms with E-state index in [1.165, 1.54) is 6.20 Å². The quantitative estimate of drug-likeness (QED) is 0.766. The molecule has 5 nitrogen and oxygen atoms in total. The minimum Gasteiger partial charge on any atom is -0.399 e. The summed E-state index contributed by atoms with van der Waals surface area (Å²) in [5, 5.41) is 6.47. The molecule has 1 aliphatic rings. The summed E-state index contributed by atoms with van der Waals surface area (Å²) in [7, 11) is 0. The molecule has 1 aromatic carbocycles. The molecule has 0 radical (unpaired) electrons. The lowest BCUT2D eigenvalue weighted by Crippen LogP contribution is -2.35. The highest BCUT2D eigenvalue weighted by Gasteiger charge is 2.24. The van der Waals surface area contributed by atoms with Crippen LogP contribution in [0.15, 0.2) is 35.5 Å². The first kappa shape index (κ1) is 11.2. The lowest BCUT2D eigenvalue weighted by Gasteiger charge is -2.28. The number of nitrogens with one attached hydrogen (secondary N) is 1. The van der Waals surface area contributed by atoms with Crippen LogP contribution in [0.25, 0.3) is 0 Å². The van der Waals surface area contributed by atoms with E-state index in [0.717, 1.165) is 16.3 Å². The molecular weight excluding hydrogens is 248 g/mol. The van der Waals surface area contributed by atoms with Crippen LogP contribution in [0.4, 0.5) is 11.4 Å². The second kappa shape index (κ2) is 4.38. The second-order valence-corrected chi connectivity index (χ2v) is 5.16. The number of hydrogen-bond donors (Lipinski definition) is 2. The van der Waals surface area contributed by atoms with E-state index in [1.54, 1.807) is 22.9 Å². The van der Waals surface area contributed by atoms with Gasteiger partial charge in [0.2, 0.25) is 0 Å². The van der Waals surface area contributed by atoms with E-state index in [9.17, 15) is 4.79 Å². The van der Waals surface area contributed by atoms with Crippen LogP contribution in [-0.2, 0) is 0 Å². The number of hydrogen-bond acceptors (Lipinski definition) is 4. The Morgan fingerprint density at radius 2 is 2.39 bits per heavy atom. The average Bonchev–Trinajstić information content (AvgIpc) is 2.91. The Bertz CT molecular complexity index is 582. The van der Waals surface area contributed by atoms with Crippen LogP contribution >= 0.6 is 11.8 Å². The number of aromatic amines is 1. The van der Waals surface area contributed by atoms with E-state index >= 15 is 0 Å². The Balaban J connectivity index is 2.01. The third-order valence-electron chi connectivity index (χ3n) is 2.84. The lowest BCUT2D eigenvalue weighted by molar-refractivity contribution is 0.0988. The van der Waals surface area contributed by atoms with Gasteiger partial charge in [0, 0.05) is 29.1 Å². The van der Waals surface area contributed by atoms with Crippen molar-refractivity contribution < 1.29 is 4.79 Å². The van der Waals surface area contributed by atoms with Crippen molar-refractivity contribution in [2.24, 2.45) is 0 Å². The van der Waals surface area contributed by atoms with Crippen molar-refractivity contribution in [2.45, 2.75) is 4.90 Å². The molecule has 1 aromatic heterocycles. The zero-order valence-corrected chi connectivity index (χ0v) is 10.4. The van der Waals surface area contributed by atoms with Gasteiger partial charge in [0.25, 0.3) is 5.91 Å². The average molecular weight is 260 g/mol. The molecule has 0 fully saturated rings. The predicted molar refractivity (Wildman–Crippen MR) is 71.8 cm³/mol. The topological polar surface area (TPSA) is 75.0 Å². The number of thioether (sulfide) groups is 1. The molecule has 0 unspecified atom stereocenters. The Labute approximate surface area is 108 Å². The first-order chi connectivity index (χ1) is 8.75. The molecule has 3 N–H and O–H groups in total. The van der Waals surface area contributed by atoms with Gasteiger partial charge in [0.1, 0.15) is 0 Å². The van der Waals surface area contributed by atoms with Crippen molar-refractivity contribution in [3.05, 3.63) is 36.2 Å². The number of nitrogens with zero attached hydrogens (tertiary/aromatic N) is 2. The van der Waals surface area contributed by atoms with Gasteiger partial charge >= 0.3 is 0 Å². The zero-order valence-electron chi connectivity index (χ0n) is 9.59. The van der Waals surface area contributed by atoms with Crippen molar-refractivity contribution in [3.8, 4) is 0 Å². The standard InChI is InChI=1S/C12H12N4OS/c13-9-1-2-11-10(5-9)16(3-4-18-11)12(17)8-6-14-15-7-8/h1-2,5-7H,3-4,13H2,(H,14,15). The third-order valence-corrected chi connectivity index (χ3v) is 3.88. The van der Waals surface area contributed by atoms with Crippen molar-refractivity contribution in [1.29, 1.82) is 0 Å². The Morgan fingerprint density at radius 3 is 3.17 bits per heavy atom. The van der Waals surface area contributed by atoms with Crippen LogP contribution in [0.2, 0.25) is 0 Å². The highest BCUT2D eigenvalue weighted by atomic mass is 32.2. The molecule has 3 rings (SSSR count). The fourth-order valence-corrected chi connectivity index (χ4v) is 2.94. The fraction of sp³-hybridized carbons (Fsp3) is 0.167. The number of aromatic nitrogens is 2. The molecule has 18 heavy (non-hydrogen) atoms. The van der Waals surface area contributed by atoms with Gasteiger partial charge in [0.05, 0.1) is 17.4 Å². The summed E-state index contributed by atoms with van der Waals surface area (Å²) in [4.78, 5) is 15.2. The van der Waals surface area contributed by atoms with Crippen LogP contribution in [0.1, 0.15) is 10.4 Å². The van der Waals surface area contributed by atoms with Crippen LogP contribution in [0.3, 0.4) is 0 Å². The van der Waals surface area contributed by atoms with Gasteiger partial charge in [0.15, 0.2) is 0 Å². The number of H-pyrrole nitrogens is 1. The van der Waals surface area contributed by atoms with Crippen molar-refractivity contribution in [2.75, 3.05) is 22.9 Å². The predicted octanol–water partition coefficient (Wildman–Crippen LogP) is 1.74. The van der Waals surface area contributed by atoms with E-state index in [0.29, 0.717) is 17.8 Å². The molecule has 0 bridgehead atoms. The largest absolute Gasteiger partial charge is 0.399 e. The second-order valence-electron chi connectivity index (χ2n) is 4.02. The van der Waals surface area contributed by atoms with Gasteiger partial charge in [-0.15, -0.1) is 11.8 Å². The van der Waals surface area contributed by atoms with Crippen molar-refractivity contribution >= 4 is 29.0 Å². The summed E-state index contributed by atoms with van der Waals surface area (Å²) in [5.41, 5.74) is 7.92. The van der Waals surface area contributed by atoms with Gasteiger partial charge < -0.3 is 10.6 Å². The molecule has 0 saturated carbocycles. The summed E-state index contributed by atoms with van der Waals surface area (Å²) in [6, 6.07) is 5.67. The number of carbonyl (C=O) groups excluding carboxylic acids is 1. The van der Waals surface area contributed by atoms with Crippen LogP contribution in [0.5, 0.6) is 0 Å². The van der Waals surface area contributed by atoms with Gasteiger partial charge in [-0.25, -0.2) is 0 Å². The lowest BCUT2D eigenvalue weighted by atomic mass is 10.2. The fourth-order valence-electron chi connectivity index (χ4n) is 1.97. The van der Waals surface area contributed by atoms with E-state index < -0.39 is 0 Å². The number of nitrogen functional groups attached to an aromatic ring is 1. The summed E-state index contributed by atoms with van der Waals surface area (Å²) in [6.07, 6.45) is 3.14. The van der Waals surface area contributed by atoms with Gasteiger partial charge in [-0.05, 0) is 18.2 Å². The molecule has 1 amide bonds. The molecule has 2 aromatic rings. The first-order valence-electron chi connectivity index (χ1n) is 5.58. The van der Waals surface area contributed by atoms with Crippen LogP contribution in [0, 0.1) is 0 Å². The molecule has 6 heteroatoms. The number of rotatable bonds is 1. The summed E-state index contributed by atoms with van der Waals surface area (Å²) in [6.45, 7) is 0.686. The highest BCUT2D eigenvalue weighted by molar-refractivity contribution is 7.99. The van der Waals surface area contributed by atoms with Gasteiger partial charge in [-0.3, -0.25) is 9.89 Å². The Morgan fingerprint density at radius 1 is 1.50 bits per heavy atom. The molecule has 0 aliphatic carbocycles. The SMILES string of the molecule is Nc1ccc2c(c1)N(C(=O)c1cn[nH]c1)CCS2. The maximum atomic E-state index is 12.4. The number of anilines is 2. The zero-order chi connectivity index (χ0) is 12.5. The number of benzene rings is 1. The molecule has 92 valence electrons. The monoisotopic (exact) mass is 260 g/mol. The van der Waals surface area contributed by atoms with E-state index in [4.69, 9.17) is 5.73 Å². The maximum absolute atomic E-state index is 12.4. The molecule has 0 saturated heterocycles. The Hall–Kier alpha value is -1.95. The molecule has 0 spiro atoms. The first-order valence-corrected chi connectivity index (χ1v) is 6.57. The van der Waals surface area contributed by atoms with Crippen molar-refractivity contribution in [1.82, 2.24) is 10.2 Å². The van der Waals surface area contributed by atoms with Gasteiger partial charge in [-0.2, -0.15) is 5.10 Å². The summed E-state index contributed by atoms with van der Waals surface area (Å²) >= 11 is 1.74. The number of amides is 1. The normalized spacial score (nSPS) is 14.3. The van der Waals surface area contributed by atoms with Crippen LogP contribution < -0.4 is 10.6 Å². The van der Waals surface area contributed by atoms with E-state index in [-0.39, 0.29) is 5.91 Å². The van der Waals surface area contributed by atoms with E-state index in [1.807, 2.05) is 18.2 Å². The molecule has 1 aliphatic heterocycles. The number of nitrogens with two attached hydrogens (primary N) is 1. The van der Waals surface area contributed by atoms with Gasteiger partial charge in [-0.1, -0.05) is 0 Å². The summed E-state index contributed by atoms with van der Waals surface area (Å²) in [5.74, 6) is 0.844. The minimum atomic E-state index is -0.0455. The number of carbonyl (C=O) groups is 1.